The molecule has 4 unspecified atom stereocenters. The molecule has 6 heteroatoms. The van der Waals surface area contributed by atoms with Crippen molar-refractivity contribution in [1.29, 1.82) is 0 Å². The van der Waals surface area contributed by atoms with Crippen molar-refractivity contribution >= 4 is 5.91 Å². The maximum absolute atomic E-state index is 13.6. The number of carbonyl (C=O) groups excluding carboxylic acids is 1. The minimum atomic E-state index is -0.434. The summed E-state index contributed by atoms with van der Waals surface area (Å²) in [6.45, 7) is 4.37. The van der Waals surface area contributed by atoms with Gasteiger partial charge in [-0.15, -0.1) is 0 Å². The van der Waals surface area contributed by atoms with E-state index in [0.717, 1.165) is 27.8 Å². The number of aromatic hydroxyl groups is 2. The van der Waals surface area contributed by atoms with Crippen LogP contribution in [-0.4, -0.2) is 27.1 Å². The van der Waals surface area contributed by atoms with Gasteiger partial charge in [0.2, 0.25) is 5.91 Å². The van der Waals surface area contributed by atoms with E-state index in [1.165, 1.54) is 0 Å². The summed E-state index contributed by atoms with van der Waals surface area (Å²) in [4.78, 5) is 15.4. The second-order valence-electron chi connectivity index (χ2n) is 8.83. The molecule has 2 aliphatic rings. The number of phenols is 2. The molecule has 1 amide bonds. The molecule has 0 spiro atoms. The highest BCUT2D eigenvalue weighted by Gasteiger charge is 2.55. The molecule has 2 aliphatic heterocycles. The fourth-order valence-corrected chi connectivity index (χ4v) is 5.26. The Morgan fingerprint density at radius 3 is 2.41 bits per heavy atom. The molecule has 0 bridgehead atoms. The molecule has 4 atom stereocenters. The van der Waals surface area contributed by atoms with Gasteiger partial charge >= 0.3 is 0 Å². The molecule has 5 rings (SSSR count). The van der Waals surface area contributed by atoms with Crippen LogP contribution in [0.1, 0.15) is 39.9 Å². The molecule has 2 saturated heterocycles. The first-order chi connectivity index (χ1) is 15.4. The number of hydrogen-bond acceptors (Lipinski definition) is 5. The average molecular weight is 430 g/mol. The summed E-state index contributed by atoms with van der Waals surface area (Å²) in [5, 5.41) is 21.0. The van der Waals surface area contributed by atoms with Gasteiger partial charge in [0, 0.05) is 18.0 Å². The van der Waals surface area contributed by atoms with Crippen molar-refractivity contribution in [3.8, 4) is 11.5 Å². The number of nitrogens with zero attached hydrogens (tertiary/aromatic N) is 1. The lowest BCUT2D eigenvalue weighted by atomic mass is 9.82. The summed E-state index contributed by atoms with van der Waals surface area (Å²) in [5.74, 6) is 0.258. The van der Waals surface area contributed by atoms with Crippen LogP contribution in [0.3, 0.4) is 0 Å². The number of amides is 1. The SMILES string of the molecule is Cc1cc(C)c(O)c(C2NNC3C(=O)N(Cc4ccccc4)C(c4cccc(O)c4)C32)c1. The zero-order valence-corrected chi connectivity index (χ0v) is 18.1. The summed E-state index contributed by atoms with van der Waals surface area (Å²) >= 11 is 0. The third-order valence-corrected chi connectivity index (χ3v) is 6.63. The molecule has 2 fully saturated rings. The molecule has 4 N–H and O–H groups in total. The van der Waals surface area contributed by atoms with Gasteiger partial charge in [-0.05, 0) is 42.7 Å². The Bertz CT molecular complexity index is 1160. The van der Waals surface area contributed by atoms with Crippen LogP contribution in [0.5, 0.6) is 11.5 Å². The van der Waals surface area contributed by atoms with E-state index in [2.05, 4.69) is 10.9 Å². The van der Waals surface area contributed by atoms with E-state index in [1.807, 2.05) is 73.3 Å². The molecule has 3 aromatic carbocycles. The maximum Gasteiger partial charge on any atom is 0.242 e. The molecule has 0 aliphatic carbocycles. The molecular weight excluding hydrogens is 402 g/mol. The van der Waals surface area contributed by atoms with Crippen LogP contribution in [-0.2, 0) is 11.3 Å². The van der Waals surface area contributed by atoms with Gasteiger partial charge in [0.15, 0.2) is 0 Å². The molecule has 0 radical (unpaired) electrons. The van der Waals surface area contributed by atoms with E-state index in [1.54, 1.807) is 12.1 Å². The number of fused-ring (bicyclic) bond motifs is 1. The van der Waals surface area contributed by atoms with Crippen molar-refractivity contribution in [2.45, 2.75) is 38.5 Å². The Morgan fingerprint density at radius 2 is 1.66 bits per heavy atom. The fraction of sp³-hybridized carbons (Fsp3) is 0.269. The number of benzene rings is 3. The highest BCUT2D eigenvalue weighted by atomic mass is 16.3. The van der Waals surface area contributed by atoms with E-state index in [-0.39, 0.29) is 35.4 Å². The van der Waals surface area contributed by atoms with Gasteiger partial charge < -0.3 is 15.1 Å². The summed E-state index contributed by atoms with van der Waals surface area (Å²) in [5.41, 5.74) is 11.0. The standard InChI is InChI=1S/C26H27N3O3/c1-15-11-16(2)25(31)20(12-15)22-21-23(28-27-22)26(32)29(14-17-7-4-3-5-8-17)24(21)18-9-6-10-19(30)13-18/h3-13,21-24,27-28,30-31H,14H2,1-2H3. The zero-order valence-electron chi connectivity index (χ0n) is 18.1. The molecule has 3 aromatic rings. The van der Waals surface area contributed by atoms with Gasteiger partial charge in [-0.3, -0.25) is 4.79 Å². The van der Waals surface area contributed by atoms with Crippen molar-refractivity contribution < 1.29 is 15.0 Å². The topological polar surface area (TPSA) is 84.8 Å². The van der Waals surface area contributed by atoms with Crippen LogP contribution in [0.25, 0.3) is 0 Å². The number of aryl methyl sites for hydroxylation is 2. The summed E-state index contributed by atoms with van der Waals surface area (Å²) < 4.78 is 0. The Labute approximate surface area is 187 Å². The lowest BCUT2D eigenvalue weighted by molar-refractivity contribution is -0.131. The van der Waals surface area contributed by atoms with Crippen LogP contribution in [0, 0.1) is 19.8 Å². The molecule has 6 nitrogen and oxygen atoms in total. The van der Waals surface area contributed by atoms with E-state index in [9.17, 15) is 15.0 Å². The molecular formula is C26H27N3O3. The lowest BCUT2D eigenvalue weighted by Gasteiger charge is -2.32. The van der Waals surface area contributed by atoms with E-state index < -0.39 is 6.04 Å². The molecule has 2 heterocycles. The zero-order chi connectivity index (χ0) is 22.4. The smallest absolute Gasteiger partial charge is 0.242 e. The highest BCUT2D eigenvalue weighted by molar-refractivity contribution is 5.86. The summed E-state index contributed by atoms with van der Waals surface area (Å²) in [6.07, 6.45) is 0. The van der Waals surface area contributed by atoms with Crippen molar-refractivity contribution in [2.24, 2.45) is 5.92 Å². The van der Waals surface area contributed by atoms with Crippen LogP contribution in [0.2, 0.25) is 0 Å². The normalized spacial score (nSPS) is 24.7. The Kier molecular flexibility index (Phi) is 5.12. The second kappa shape index (κ2) is 7.97. The number of phenolic OH excluding ortho intramolecular Hbond substituents is 2. The third-order valence-electron chi connectivity index (χ3n) is 6.63. The second-order valence-corrected chi connectivity index (χ2v) is 8.83. The van der Waals surface area contributed by atoms with Gasteiger partial charge in [-0.2, -0.15) is 0 Å². The van der Waals surface area contributed by atoms with Gasteiger partial charge in [-0.1, -0.05) is 60.2 Å². The number of hydrogen-bond donors (Lipinski definition) is 4. The monoisotopic (exact) mass is 429 g/mol. The molecule has 0 saturated carbocycles. The molecule has 164 valence electrons. The fourth-order valence-electron chi connectivity index (χ4n) is 5.26. The average Bonchev–Trinajstić information content (AvgIpc) is 3.31. The predicted octanol–water partition coefficient (Wildman–Crippen LogP) is 3.63. The molecule has 32 heavy (non-hydrogen) atoms. The number of likely N-dealkylation sites (tertiary alicyclic amines) is 1. The van der Waals surface area contributed by atoms with Gasteiger partial charge in [0.1, 0.15) is 17.5 Å². The highest BCUT2D eigenvalue weighted by Crippen LogP contribution is 2.49. The van der Waals surface area contributed by atoms with Gasteiger partial charge in [-0.25, -0.2) is 10.9 Å². The quantitative estimate of drug-likeness (QED) is 0.509. The van der Waals surface area contributed by atoms with E-state index in [4.69, 9.17) is 0 Å². The number of hydrazine groups is 1. The van der Waals surface area contributed by atoms with Crippen LogP contribution < -0.4 is 10.9 Å². The van der Waals surface area contributed by atoms with Crippen LogP contribution in [0.4, 0.5) is 0 Å². The first-order valence-corrected chi connectivity index (χ1v) is 10.9. The largest absolute Gasteiger partial charge is 0.508 e. The molecule has 0 aromatic heterocycles. The number of nitrogens with one attached hydrogen (secondary N) is 2. The van der Waals surface area contributed by atoms with E-state index in [0.29, 0.717) is 6.54 Å². The first kappa shape index (κ1) is 20.5. The Hall–Kier alpha value is -3.35. The summed E-state index contributed by atoms with van der Waals surface area (Å²) in [6, 6.07) is 20.0. The number of rotatable bonds is 4. The Balaban J connectivity index is 1.61. The number of carbonyl (C=O) groups is 1. The van der Waals surface area contributed by atoms with Gasteiger partial charge in [0.25, 0.3) is 0 Å². The predicted molar refractivity (Wildman–Crippen MR) is 122 cm³/mol. The van der Waals surface area contributed by atoms with Crippen molar-refractivity contribution in [1.82, 2.24) is 15.8 Å². The first-order valence-electron chi connectivity index (χ1n) is 10.9. The van der Waals surface area contributed by atoms with E-state index >= 15 is 0 Å². The van der Waals surface area contributed by atoms with Crippen molar-refractivity contribution in [3.05, 3.63) is 94.5 Å². The van der Waals surface area contributed by atoms with Crippen molar-refractivity contribution in [2.75, 3.05) is 0 Å². The van der Waals surface area contributed by atoms with Crippen LogP contribution >= 0.6 is 0 Å². The van der Waals surface area contributed by atoms with Gasteiger partial charge in [0.05, 0.1) is 12.1 Å². The van der Waals surface area contributed by atoms with Crippen LogP contribution in [0.15, 0.2) is 66.7 Å². The van der Waals surface area contributed by atoms with Crippen molar-refractivity contribution in [3.63, 3.8) is 0 Å². The third kappa shape index (κ3) is 3.42. The lowest BCUT2D eigenvalue weighted by Crippen LogP contribution is -2.41. The minimum Gasteiger partial charge on any atom is -0.508 e. The minimum absolute atomic E-state index is 0.00561. The summed E-state index contributed by atoms with van der Waals surface area (Å²) in [7, 11) is 0. The Morgan fingerprint density at radius 1 is 0.906 bits per heavy atom. The maximum atomic E-state index is 13.6.